The van der Waals surface area contributed by atoms with E-state index in [0.29, 0.717) is 19.1 Å². The van der Waals surface area contributed by atoms with E-state index in [2.05, 4.69) is 15.1 Å². The summed E-state index contributed by atoms with van der Waals surface area (Å²) >= 11 is 0. The van der Waals surface area contributed by atoms with Crippen LogP contribution in [0.3, 0.4) is 0 Å². The molecular weight excluding hydrogens is 452 g/mol. The lowest BCUT2D eigenvalue weighted by Crippen LogP contribution is -2.57. The summed E-state index contributed by atoms with van der Waals surface area (Å²) in [7, 11) is 0. The molecule has 33 heavy (non-hydrogen) atoms. The molecule has 0 saturated carbocycles. The number of amides is 4. The van der Waals surface area contributed by atoms with E-state index in [1.165, 1.54) is 0 Å². The summed E-state index contributed by atoms with van der Waals surface area (Å²) in [5, 5.41) is 11.3. The van der Waals surface area contributed by atoms with Crippen molar-refractivity contribution in [3.05, 3.63) is 29.3 Å². The van der Waals surface area contributed by atoms with Crippen molar-refractivity contribution in [1.82, 2.24) is 15.1 Å². The molecular formula is C22H25ClN4O6. The Balaban J connectivity index is 0.00000259. The normalized spacial score (nSPS) is 24.3. The maximum Gasteiger partial charge on any atom is 0.309 e. The number of carboxylic acids is 1. The Hall–Kier alpha value is -2.98. The molecule has 4 aliphatic rings. The minimum absolute atomic E-state index is 0. The van der Waals surface area contributed by atoms with Crippen LogP contribution in [0.15, 0.2) is 18.2 Å². The second kappa shape index (κ2) is 8.75. The molecule has 3 saturated heterocycles. The van der Waals surface area contributed by atoms with Gasteiger partial charge in [-0.15, -0.1) is 12.4 Å². The number of hydrogen-bond acceptors (Lipinski definition) is 7. The Labute approximate surface area is 196 Å². The first-order chi connectivity index (χ1) is 15.3. The number of imide groups is 2. The van der Waals surface area contributed by atoms with Crippen molar-refractivity contribution in [2.75, 3.05) is 31.1 Å². The van der Waals surface area contributed by atoms with Crippen molar-refractivity contribution in [3.63, 3.8) is 0 Å². The molecule has 0 bridgehead atoms. The number of likely N-dealkylation sites (tertiary alicyclic amines) is 1. The molecule has 1 aromatic rings. The van der Waals surface area contributed by atoms with E-state index < -0.39 is 35.6 Å². The van der Waals surface area contributed by atoms with Crippen LogP contribution in [0.4, 0.5) is 5.69 Å². The minimum atomic E-state index is -0.967. The Morgan fingerprint density at radius 1 is 0.970 bits per heavy atom. The summed E-state index contributed by atoms with van der Waals surface area (Å²) in [6.07, 6.45) is 2.03. The topological polar surface area (TPSA) is 127 Å². The number of anilines is 1. The van der Waals surface area contributed by atoms with E-state index >= 15 is 0 Å². The van der Waals surface area contributed by atoms with E-state index in [1.807, 2.05) is 6.07 Å². The Kier molecular flexibility index (Phi) is 6.15. The molecule has 0 aliphatic carbocycles. The monoisotopic (exact) mass is 476 g/mol. The molecule has 2 N–H and O–H groups in total. The lowest BCUT2D eigenvalue weighted by Gasteiger charge is -2.46. The number of aliphatic carboxylic acids is 1. The van der Waals surface area contributed by atoms with Crippen LogP contribution < -0.4 is 10.2 Å². The summed E-state index contributed by atoms with van der Waals surface area (Å²) < 4.78 is 0. The third-order valence-corrected chi connectivity index (χ3v) is 7.03. The van der Waals surface area contributed by atoms with Gasteiger partial charge in [-0.25, -0.2) is 0 Å². The first-order valence-electron chi connectivity index (χ1n) is 10.9. The van der Waals surface area contributed by atoms with E-state index in [1.54, 1.807) is 12.1 Å². The van der Waals surface area contributed by atoms with Gasteiger partial charge in [0, 0.05) is 44.3 Å². The van der Waals surface area contributed by atoms with Gasteiger partial charge in [-0.3, -0.25) is 39.1 Å². The molecule has 3 fully saturated rings. The lowest BCUT2D eigenvalue weighted by molar-refractivity contribution is -0.149. The van der Waals surface area contributed by atoms with Gasteiger partial charge in [-0.05, 0) is 37.5 Å². The van der Waals surface area contributed by atoms with E-state index in [-0.39, 0.29) is 42.3 Å². The summed E-state index contributed by atoms with van der Waals surface area (Å²) in [4.78, 5) is 65.8. The molecule has 1 unspecified atom stereocenters. The van der Waals surface area contributed by atoms with Crippen LogP contribution in [0.1, 0.15) is 46.4 Å². The molecule has 1 atom stereocenters. The number of rotatable bonds is 4. The van der Waals surface area contributed by atoms with Crippen LogP contribution in [0.5, 0.6) is 0 Å². The zero-order valence-electron chi connectivity index (χ0n) is 17.9. The summed E-state index contributed by atoms with van der Waals surface area (Å²) in [5.74, 6) is -3.02. The molecule has 4 heterocycles. The van der Waals surface area contributed by atoms with E-state index in [0.717, 1.165) is 36.5 Å². The SMILES string of the molecule is Cl.O=C1CCC(N2C(=O)c3ccc(N4CCC(N5CC(C(=O)O)C5)CC4)cc3C2=O)C(=O)N1. The molecule has 5 rings (SSSR count). The van der Waals surface area contributed by atoms with Crippen molar-refractivity contribution in [2.45, 2.75) is 37.8 Å². The predicted octanol–water partition coefficient (Wildman–Crippen LogP) is 0.495. The Morgan fingerprint density at radius 2 is 1.64 bits per heavy atom. The lowest BCUT2D eigenvalue weighted by atomic mass is 9.93. The first kappa shape index (κ1) is 23.2. The van der Waals surface area contributed by atoms with Gasteiger partial charge in [0.2, 0.25) is 11.8 Å². The predicted molar refractivity (Wildman–Crippen MR) is 118 cm³/mol. The number of hydrogen-bond donors (Lipinski definition) is 2. The smallest absolute Gasteiger partial charge is 0.309 e. The highest BCUT2D eigenvalue weighted by Gasteiger charge is 2.45. The Morgan fingerprint density at radius 3 is 2.27 bits per heavy atom. The second-order valence-electron chi connectivity index (χ2n) is 8.88. The fourth-order valence-corrected chi connectivity index (χ4v) is 5.11. The highest BCUT2D eigenvalue weighted by Crippen LogP contribution is 2.32. The van der Waals surface area contributed by atoms with Crippen LogP contribution >= 0.6 is 12.4 Å². The zero-order chi connectivity index (χ0) is 22.6. The average molecular weight is 477 g/mol. The van der Waals surface area contributed by atoms with Crippen molar-refractivity contribution >= 4 is 47.7 Å². The van der Waals surface area contributed by atoms with Crippen molar-refractivity contribution in [3.8, 4) is 0 Å². The summed E-state index contributed by atoms with van der Waals surface area (Å²) in [5.41, 5.74) is 1.41. The van der Waals surface area contributed by atoms with Crippen molar-refractivity contribution in [1.29, 1.82) is 0 Å². The van der Waals surface area contributed by atoms with Gasteiger partial charge in [-0.2, -0.15) is 0 Å². The largest absolute Gasteiger partial charge is 0.481 e. The van der Waals surface area contributed by atoms with Crippen LogP contribution in [0.25, 0.3) is 0 Å². The standard InChI is InChI=1S/C22H24N4O6.ClH/c27-18-4-3-17(19(28)23-18)26-20(29)15-2-1-14(9-16(15)21(26)30)24-7-5-13(6-8-24)25-10-12(11-25)22(31)32;/h1-2,9,12-13,17H,3-8,10-11H2,(H,31,32)(H,23,27,28);1H. The number of benzene rings is 1. The minimum Gasteiger partial charge on any atom is -0.481 e. The van der Waals surface area contributed by atoms with Crippen molar-refractivity contribution in [2.24, 2.45) is 5.92 Å². The number of fused-ring (bicyclic) bond motifs is 1. The van der Waals surface area contributed by atoms with Crippen LogP contribution in [0, 0.1) is 5.92 Å². The number of nitrogens with zero attached hydrogens (tertiary/aromatic N) is 3. The first-order valence-corrected chi connectivity index (χ1v) is 10.9. The molecule has 0 radical (unpaired) electrons. The molecule has 11 heteroatoms. The summed E-state index contributed by atoms with van der Waals surface area (Å²) in [6.45, 7) is 2.75. The number of piperidine rings is 2. The van der Waals surface area contributed by atoms with Gasteiger partial charge >= 0.3 is 5.97 Å². The van der Waals surface area contributed by atoms with E-state index in [9.17, 15) is 24.0 Å². The number of halogens is 1. The van der Waals surface area contributed by atoms with Gasteiger partial charge in [0.1, 0.15) is 6.04 Å². The van der Waals surface area contributed by atoms with Gasteiger partial charge in [0.05, 0.1) is 17.0 Å². The molecule has 0 aromatic heterocycles. The molecule has 1 aromatic carbocycles. The molecule has 0 spiro atoms. The fourth-order valence-electron chi connectivity index (χ4n) is 5.11. The second-order valence-corrected chi connectivity index (χ2v) is 8.88. The fraction of sp³-hybridized carbons (Fsp3) is 0.500. The molecule has 4 amide bonds. The molecule has 4 aliphatic heterocycles. The maximum atomic E-state index is 13.0. The van der Waals surface area contributed by atoms with Crippen LogP contribution in [-0.2, 0) is 14.4 Å². The maximum absolute atomic E-state index is 13.0. The molecule has 176 valence electrons. The van der Waals surface area contributed by atoms with Gasteiger partial charge in [0.15, 0.2) is 0 Å². The zero-order valence-corrected chi connectivity index (χ0v) is 18.7. The third kappa shape index (κ3) is 3.97. The summed E-state index contributed by atoms with van der Waals surface area (Å²) in [6, 6.07) is 4.57. The van der Waals surface area contributed by atoms with Crippen molar-refractivity contribution < 1.29 is 29.1 Å². The van der Waals surface area contributed by atoms with Gasteiger partial charge < -0.3 is 10.0 Å². The Bertz CT molecular complexity index is 1030. The number of nitrogens with one attached hydrogen (secondary N) is 1. The molecule has 10 nitrogen and oxygen atoms in total. The van der Waals surface area contributed by atoms with E-state index in [4.69, 9.17) is 5.11 Å². The quantitative estimate of drug-likeness (QED) is 0.601. The highest BCUT2D eigenvalue weighted by atomic mass is 35.5. The van der Waals surface area contributed by atoms with Gasteiger partial charge in [0.25, 0.3) is 11.8 Å². The van der Waals surface area contributed by atoms with Crippen LogP contribution in [0.2, 0.25) is 0 Å². The average Bonchev–Trinajstić information content (AvgIpc) is 2.97. The third-order valence-electron chi connectivity index (χ3n) is 7.03. The van der Waals surface area contributed by atoms with Gasteiger partial charge in [-0.1, -0.05) is 0 Å². The van der Waals surface area contributed by atoms with Crippen LogP contribution in [-0.4, -0.2) is 82.8 Å². The number of carboxylic acid groups (broad SMARTS) is 1. The number of carbonyl (C=O) groups excluding carboxylic acids is 4. The number of carbonyl (C=O) groups is 5. The highest BCUT2D eigenvalue weighted by molar-refractivity contribution is 6.23.